The van der Waals surface area contributed by atoms with Crippen LogP contribution in [0.2, 0.25) is 0 Å². The Bertz CT molecular complexity index is 738. The number of sulfonamides is 1. The van der Waals surface area contributed by atoms with Crippen LogP contribution < -0.4 is 4.31 Å². The molecular weight excluding hydrogens is 338 g/mol. The fourth-order valence-corrected chi connectivity index (χ4v) is 4.25. The molecule has 2 aromatic rings. The van der Waals surface area contributed by atoms with Gasteiger partial charge in [-0.2, -0.15) is 12.6 Å². The van der Waals surface area contributed by atoms with E-state index in [9.17, 15) is 8.42 Å². The zero-order chi connectivity index (χ0) is 17.6. The molecule has 2 rings (SSSR count). The van der Waals surface area contributed by atoms with Crippen molar-refractivity contribution in [2.24, 2.45) is 0 Å². The second-order valence-electron chi connectivity index (χ2n) is 5.88. The SMILES string of the molecule is CCCCN(c1ccc(CCS)cc1)S(=O)(=O)c1ccc(C)cc1. The lowest BCUT2D eigenvalue weighted by Gasteiger charge is -2.24. The average Bonchev–Trinajstić information content (AvgIpc) is 2.57. The normalized spacial score (nSPS) is 11.5. The van der Waals surface area contributed by atoms with Crippen molar-refractivity contribution in [3.05, 3.63) is 59.7 Å². The Balaban J connectivity index is 2.37. The van der Waals surface area contributed by atoms with Crippen molar-refractivity contribution in [1.29, 1.82) is 0 Å². The number of rotatable bonds is 8. The summed E-state index contributed by atoms with van der Waals surface area (Å²) in [5.74, 6) is 0.778. The number of thiol groups is 1. The van der Waals surface area contributed by atoms with Gasteiger partial charge in [0.2, 0.25) is 0 Å². The predicted octanol–water partition coefficient (Wildman–Crippen LogP) is 4.46. The maximum atomic E-state index is 13.1. The molecule has 0 heterocycles. The molecule has 3 nitrogen and oxygen atoms in total. The Morgan fingerprint density at radius 2 is 1.62 bits per heavy atom. The van der Waals surface area contributed by atoms with Crippen molar-refractivity contribution >= 4 is 28.3 Å². The van der Waals surface area contributed by atoms with Gasteiger partial charge in [-0.1, -0.05) is 43.2 Å². The van der Waals surface area contributed by atoms with E-state index < -0.39 is 10.0 Å². The highest BCUT2D eigenvalue weighted by atomic mass is 32.2. The molecule has 0 fully saturated rings. The standard InChI is InChI=1S/C19H25NO2S2/c1-3-4-14-20(18-9-7-17(8-10-18)13-15-23)24(21,22)19-11-5-16(2)6-12-19/h5-12,23H,3-4,13-15H2,1-2H3. The van der Waals surface area contributed by atoms with Crippen molar-refractivity contribution in [1.82, 2.24) is 0 Å². The summed E-state index contributed by atoms with van der Waals surface area (Å²) in [4.78, 5) is 0.337. The van der Waals surface area contributed by atoms with E-state index in [2.05, 4.69) is 19.6 Å². The number of anilines is 1. The zero-order valence-corrected chi connectivity index (χ0v) is 16.0. The van der Waals surface area contributed by atoms with Crippen LogP contribution in [0.5, 0.6) is 0 Å². The lowest BCUT2D eigenvalue weighted by atomic mass is 10.1. The minimum absolute atomic E-state index is 0.337. The summed E-state index contributed by atoms with van der Waals surface area (Å²) in [6.07, 6.45) is 2.64. The van der Waals surface area contributed by atoms with Gasteiger partial charge in [0.1, 0.15) is 0 Å². The van der Waals surface area contributed by atoms with Crippen molar-refractivity contribution in [3.8, 4) is 0 Å². The van der Waals surface area contributed by atoms with Crippen molar-refractivity contribution < 1.29 is 8.42 Å². The minimum Gasteiger partial charge on any atom is -0.266 e. The van der Waals surface area contributed by atoms with Gasteiger partial charge in [-0.3, -0.25) is 4.31 Å². The van der Waals surface area contributed by atoms with Crippen LogP contribution in [-0.4, -0.2) is 20.7 Å². The van der Waals surface area contributed by atoms with Crippen LogP contribution in [0.3, 0.4) is 0 Å². The summed E-state index contributed by atoms with van der Waals surface area (Å²) in [7, 11) is -3.55. The zero-order valence-electron chi connectivity index (χ0n) is 14.3. The molecule has 0 atom stereocenters. The molecular formula is C19H25NO2S2. The molecule has 0 amide bonds. The summed E-state index contributed by atoms with van der Waals surface area (Å²) < 4.78 is 27.7. The monoisotopic (exact) mass is 363 g/mol. The van der Waals surface area contributed by atoms with Gasteiger partial charge < -0.3 is 0 Å². The Kier molecular flexibility index (Phi) is 6.75. The second kappa shape index (κ2) is 8.58. The van der Waals surface area contributed by atoms with Crippen LogP contribution in [0.25, 0.3) is 0 Å². The van der Waals surface area contributed by atoms with Crippen molar-refractivity contribution in [2.75, 3.05) is 16.6 Å². The van der Waals surface area contributed by atoms with Gasteiger partial charge in [0, 0.05) is 6.54 Å². The summed E-state index contributed by atoms with van der Waals surface area (Å²) in [5, 5.41) is 0. The van der Waals surface area contributed by atoms with Crippen LogP contribution in [0.15, 0.2) is 53.4 Å². The smallest absolute Gasteiger partial charge is 0.264 e. The fourth-order valence-electron chi connectivity index (χ4n) is 2.49. The Hall–Kier alpha value is -1.46. The Labute approximate surface area is 151 Å². The van der Waals surface area contributed by atoms with E-state index >= 15 is 0 Å². The third-order valence-corrected chi connectivity index (χ3v) is 6.01. The highest BCUT2D eigenvalue weighted by Gasteiger charge is 2.24. The number of hydrogen-bond donors (Lipinski definition) is 1. The number of hydrogen-bond acceptors (Lipinski definition) is 3. The molecule has 0 spiro atoms. The van der Waals surface area contributed by atoms with Gasteiger partial charge in [0.15, 0.2) is 0 Å². The van der Waals surface area contributed by atoms with Crippen LogP contribution in [0.4, 0.5) is 5.69 Å². The van der Waals surface area contributed by atoms with Crippen molar-refractivity contribution in [3.63, 3.8) is 0 Å². The van der Waals surface area contributed by atoms with E-state index in [1.807, 2.05) is 43.3 Å². The number of nitrogens with zero attached hydrogens (tertiary/aromatic N) is 1. The third kappa shape index (κ3) is 4.54. The van der Waals surface area contributed by atoms with E-state index in [-0.39, 0.29) is 0 Å². The minimum atomic E-state index is -3.55. The molecule has 0 aliphatic rings. The van der Waals surface area contributed by atoms with Crippen LogP contribution in [-0.2, 0) is 16.4 Å². The first-order chi connectivity index (χ1) is 11.5. The van der Waals surface area contributed by atoms with Crippen molar-refractivity contribution in [2.45, 2.75) is 38.0 Å². The lowest BCUT2D eigenvalue weighted by Crippen LogP contribution is -2.32. The molecule has 5 heteroatoms. The van der Waals surface area contributed by atoms with Crippen LogP contribution in [0.1, 0.15) is 30.9 Å². The van der Waals surface area contributed by atoms with Gasteiger partial charge in [0.25, 0.3) is 10.0 Å². The van der Waals surface area contributed by atoms with Gasteiger partial charge in [-0.05, 0) is 55.3 Å². The lowest BCUT2D eigenvalue weighted by molar-refractivity contribution is 0.588. The molecule has 0 unspecified atom stereocenters. The maximum Gasteiger partial charge on any atom is 0.264 e. The van der Waals surface area contributed by atoms with E-state index in [0.29, 0.717) is 17.1 Å². The molecule has 24 heavy (non-hydrogen) atoms. The summed E-state index contributed by atoms with van der Waals surface area (Å²) >= 11 is 4.24. The van der Waals surface area contributed by atoms with E-state index in [0.717, 1.165) is 36.1 Å². The topological polar surface area (TPSA) is 37.4 Å². The number of unbranched alkanes of at least 4 members (excludes halogenated alkanes) is 1. The Morgan fingerprint density at radius 3 is 2.17 bits per heavy atom. The maximum absolute atomic E-state index is 13.1. The largest absolute Gasteiger partial charge is 0.266 e. The van der Waals surface area contributed by atoms with Crippen LogP contribution >= 0.6 is 12.6 Å². The molecule has 0 aliphatic carbocycles. The molecule has 0 N–H and O–H groups in total. The highest BCUT2D eigenvalue weighted by molar-refractivity contribution is 7.92. The molecule has 0 saturated carbocycles. The Morgan fingerprint density at radius 1 is 1.00 bits per heavy atom. The summed E-state index contributed by atoms with van der Waals surface area (Å²) in [5.41, 5.74) is 2.93. The number of benzene rings is 2. The number of aryl methyl sites for hydroxylation is 2. The molecule has 0 aromatic heterocycles. The van der Waals surface area contributed by atoms with Gasteiger partial charge in [0.05, 0.1) is 10.6 Å². The van der Waals surface area contributed by atoms with E-state index in [1.165, 1.54) is 4.31 Å². The molecule has 0 saturated heterocycles. The first-order valence-electron chi connectivity index (χ1n) is 8.28. The van der Waals surface area contributed by atoms with Gasteiger partial charge in [-0.25, -0.2) is 8.42 Å². The van der Waals surface area contributed by atoms with Crippen LogP contribution in [0, 0.1) is 6.92 Å². The average molecular weight is 364 g/mol. The molecule has 2 aromatic carbocycles. The first kappa shape index (κ1) is 18.9. The predicted molar refractivity (Wildman–Crippen MR) is 105 cm³/mol. The first-order valence-corrected chi connectivity index (χ1v) is 10.4. The van der Waals surface area contributed by atoms with Gasteiger partial charge >= 0.3 is 0 Å². The highest BCUT2D eigenvalue weighted by Crippen LogP contribution is 2.25. The third-order valence-electron chi connectivity index (χ3n) is 3.95. The molecule has 0 aliphatic heterocycles. The summed E-state index contributed by atoms with van der Waals surface area (Å²) in [6.45, 7) is 4.50. The molecule has 0 radical (unpaired) electrons. The molecule has 130 valence electrons. The van der Waals surface area contributed by atoms with E-state index in [1.54, 1.807) is 12.1 Å². The fraction of sp³-hybridized carbons (Fsp3) is 0.368. The second-order valence-corrected chi connectivity index (χ2v) is 8.19. The van der Waals surface area contributed by atoms with Gasteiger partial charge in [-0.15, -0.1) is 0 Å². The molecule has 0 bridgehead atoms. The summed E-state index contributed by atoms with van der Waals surface area (Å²) in [6, 6.07) is 14.8. The quantitative estimate of drug-likeness (QED) is 0.703. The van der Waals surface area contributed by atoms with E-state index in [4.69, 9.17) is 0 Å².